The van der Waals surface area contributed by atoms with Crippen LogP contribution in [-0.4, -0.2) is 4.57 Å². The van der Waals surface area contributed by atoms with Gasteiger partial charge >= 0.3 is 0 Å². The van der Waals surface area contributed by atoms with Crippen LogP contribution in [0.5, 0.6) is 0 Å². The number of aryl methyl sites for hydroxylation is 1. The molecule has 0 radical (unpaired) electrons. The van der Waals surface area contributed by atoms with E-state index >= 15 is 0 Å². The molecule has 1 atom stereocenters. The van der Waals surface area contributed by atoms with E-state index in [9.17, 15) is 0 Å². The molecule has 0 aliphatic heterocycles. The van der Waals surface area contributed by atoms with Gasteiger partial charge in [0.2, 0.25) is 0 Å². The molecule has 11 aromatic rings. The smallest absolute Gasteiger partial charge is 0.0729 e. The largest absolute Gasteiger partial charge is 0.310 e. The van der Waals surface area contributed by atoms with Crippen LogP contribution in [0.4, 0.5) is 17.1 Å². The van der Waals surface area contributed by atoms with Crippen molar-refractivity contribution in [1.29, 1.82) is 0 Å². The van der Waals surface area contributed by atoms with Crippen LogP contribution in [-0.2, 0) is 11.8 Å². The van der Waals surface area contributed by atoms with E-state index in [-0.39, 0.29) is 0 Å². The Morgan fingerprint density at radius 3 is 1.83 bits per heavy atom. The lowest BCUT2D eigenvalue weighted by atomic mass is 9.60. The Labute approximate surface area is 367 Å². The normalized spacial score (nSPS) is 14.6. The SMILES string of the molecule is CCc1ccc2cccc3c2c1C1(c2ccccc2-c2ccc(N(c4ccc5c(c4)c4ccccc4n5-c4ccccc4)c4ccccc4-c4ccccc4)cc21)c1ccccc1-3. The molecule has 2 aliphatic rings. The summed E-state index contributed by atoms with van der Waals surface area (Å²) in [5.41, 5.74) is 20.8. The zero-order valence-electron chi connectivity index (χ0n) is 35.0. The molecule has 0 bridgehead atoms. The van der Waals surface area contributed by atoms with Gasteiger partial charge < -0.3 is 9.47 Å². The Morgan fingerprint density at radius 1 is 0.429 bits per heavy atom. The average molecular weight is 803 g/mol. The molecule has 2 heteroatoms. The highest BCUT2D eigenvalue weighted by Crippen LogP contribution is 2.63. The molecule has 10 aromatic carbocycles. The third-order valence-corrected chi connectivity index (χ3v) is 14.0. The van der Waals surface area contributed by atoms with E-state index in [4.69, 9.17) is 0 Å². The molecule has 1 unspecified atom stereocenters. The molecule has 1 spiro atoms. The highest BCUT2D eigenvalue weighted by atomic mass is 15.1. The summed E-state index contributed by atoms with van der Waals surface area (Å²) in [7, 11) is 0. The molecule has 1 heterocycles. The summed E-state index contributed by atoms with van der Waals surface area (Å²) in [6.45, 7) is 2.32. The molecule has 0 amide bonds. The van der Waals surface area contributed by atoms with E-state index in [1.807, 2.05) is 0 Å². The summed E-state index contributed by atoms with van der Waals surface area (Å²) >= 11 is 0. The van der Waals surface area contributed by atoms with E-state index in [0.717, 1.165) is 29.2 Å². The standard InChI is InChI=1S/C61H42N2/c1-2-40-32-33-42-20-17-27-51-48-25-10-14-29-54(48)61(60(40)59(42)51)53-28-13-9-24-47(53)49-36-34-45(39-55(49)61)62(56-30-15-11-23-46(56)41-18-5-3-6-19-41)44-35-37-58-52(38-44)50-26-12-16-31-57(50)63(58)43-21-7-4-8-22-43/h3-39H,2H2,1H3. The second kappa shape index (κ2) is 13.8. The zero-order valence-corrected chi connectivity index (χ0v) is 35.0. The number of para-hydroxylation sites is 3. The first-order chi connectivity index (χ1) is 31.2. The van der Waals surface area contributed by atoms with E-state index in [2.05, 4.69) is 241 Å². The number of nitrogens with zero attached hydrogens (tertiary/aromatic N) is 2. The van der Waals surface area contributed by atoms with Crippen LogP contribution in [0.25, 0.3) is 71.6 Å². The topological polar surface area (TPSA) is 8.17 Å². The highest BCUT2D eigenvalue weighted by Gasteiger charge is 2.51. The fourth-order valence-electron chi connectivity index (χ4n) is 11.4. The summed E-state index contributed by atoms with van der Waals surface area (Å²) < 4.78 is 2.40. The molecule has 2 nitrogen and oxygen atoms in total. The zero-order chi connectivity index (χ0) is 41.6. The number of anilines is 3. The van der Waals surface area contributed by atoms with Crippen molar-refractivity contribution in [3.63, 3.8) is 0 Å². The van der Waals surface area contributed by atoms with E-state index in [1.165, 1.54) is 93.8 Å². The van der Waals surface area contributed by atoms with E-state index in [0.29, 0.717) is 0 Å². The third-order valence-electron chi connectivity index (χ3n) is 14.0. The molecule has 1 aromatic heterocycles. The Hall–Kier alpha value is -7.94. The number of fused-ring (bicyclic) bond motifs is 12. The predicted molar refractivity (Wildman–Crippen MR) is 264 cm³/mol. The van der Waals surface area contributed by atoms with E-state index < -0.39 is 5.41 Å². The van der Waals surface area contributed by atoms with Gasteiger partial charge in [-0.3, -0.25) is 0 Å². The number of hydrogen-bond acceptors (Lipinski definition) is 1. The van der Waals surface area contributed by atoms with E-state index in [1.54, 1.807) is 0 Å². The second-order valence-corrected chi connectivity index (χ2v) is 17.0. The first-order valence-corrected chi connectivity index (χ1v) is 22.2. The Morgan fingerprint density at radius 2 is 1.03 bits per heavy atom. The molecule has 296 valence electrons. The van der Waals surface area contributed by atoms with Crippen molar-refractivity contribution < 1.29 is 0 Å². The number of aromatic nitrogens is 1. The van der Waals surface area contributed by atoms with Crippen molar-refractivity contribution in [2.45, 2.75) is 18.8 Å². The minimum absolute atomic E-state index is 0.532. The Bertz CT molecular complexity index is 3620. The lowest BCUT2D eigenvalue weighted by molar-refractivity contribution is 0.759. The number of benzene rings is 10. The van der Waals surface area contributed by atoms with Crippen LogP contribution in [0.15, 0.2) is 224 Å². The summed E-state index contributed by atoms with van der Waals surface area (Å²) in [6, 6.07) is 83.7. The van der Waals surface area contributed by atoms with Gasteiger partial charge in [-0.2, -0.15) is 0 Å². The molecule has 0 saturated carbocycles. The number of rotatable bonds is 6. The van der Waals surface area contributed by atoms with Crippen molar-refractivity contribution in [1.82, 2.24) is 4.57 Å². The monoisotopic (exact) mass is 802 g/mol. The van der Waals surface area contributed by atoms with Crippen LogP contribution in [0, 0.1) is 0 Å². The molecule has 0 fully saturated rings. The van der Waals surface area contributed by atoms with Crippen molar-refractivity contribution >= 4 is 49.6 Å². The number of hydrogen-bond donors (Lipinski definition) is 0. The van der Waals surface area contributed by atoms with Crippen LogP contribution in [0.2, 0.25) is 0 Å². The lowest BCUT2D eigenvalue weighted by Gasteiger charge is -2.41. The maximum absolute atomic E-state index is 2.54. The predicted octanol–water partition coefficient (Wildman–Crippen LogP) is 16.0. The molecular formula is C61H42N2. The first kappa shape index (κ1) is 35.8. The summed E-state index contributed by atoms with van der Waals surface area (Å²) in [5.74, 6) is 0. The van der Waals surface area contributed by atoms with Crippen molar-refractivity contribution in [3.8, 4) is 39.1 Å². The van der Waals surface area contributed by atoms with Gasteiger partial charge in [-0.05, 0) is 127 Å². The molecular weight excluding hydrogens is 761 g/mol. The lowest BCUT2D eigenvalue weighted by Crippen LogP contribution is -2.33. The summed E-state index contributed by atoms with van der Waals surface area (Å²) in [5, 5.41) is 5.11. The van der Waals surface area contributed by atoms with Crippen LogP contribution in [0.1, 0.15) is 34.7 Å². The van der Waals surface area contributed by atoms with Gasteiger partial charge in [0.25, 0.3) is 0 Å². The molecule has 0 N–H and O–H groups in total. The van der Waals surface area contributed by atoms with Crippen LogP contribution in [0.3, 0.4) is 0 Å². The maximum atomic E-state index is 2.54. The minimum Gasteiger partial charge on any atom is -0.310 e. The van der Waals surface area contributed by atoms with Gasteiger partial charge in [-0.1, -0.05) is 177 Å². The molecule has 13 rings (SSSR count). The third kappa shape index (κ3) is 5.01. The molecule has 63 heavy (non-hydrogen) atoms. The van der Waals surface area contributed by atoms with Gasteiger partial charge in [-0.15, -0.1) is 0 Å². The summed E-state index contributed by atoms with van der Waals surface area (Å²) in [6.07, 6.45) is 0.938. The highest BCUT2D eigenvalue weighted by molar-refractivity contribution is 6.11. The average Bonchev–Trinajstić information content (AvgIpc) is 3.84. The second-order valence-electron chi connectivity index (χ2n) is 17.0. The van der Waals surface area contributed by atoms with Crippen molar-refractivity contribution in [2.75, 3.05) is 4.90 Å². The van der Waals surface area contributed by atoms with Crippen LogP contribution >= 0.6 is 0 Å². The first-order valence-electron chi connectivity index (χ1n) is 22.2. The molecule has 0 saturated heterocycles. The maximum Gasteiger partial charge on any atom is 0.0729 e. The Kier molecular flexibility index (Phi) is 7.83. The van der Waals surface area contributed by atoms with Gasteiger partial charge in [0.05, 0.1) is 22.1 Å². The Balaban J connectivity index is 1.13. The van der Waals surface area contributed by atoms with Gasteiger partial charge in [0, 0.05) is 33.4 Å². The fraction of sp³-hybridized carbons (Fsp3) is 0.0492. The fourth-order valence-corrected chi connectivity index (χ4v) is 11.4. The van der Waals surface area contributed by atoms with Gasteiger partial charge in [0.15, 0.2) is 0 Å². The molecule has 2 aliphatic carbocycles. The van der Waals surface area contributed by atoms with Crippen LogP contribution < -0.4 is 4.90 Å². The van der Waals surface area contributed by atoms with Crippen molar-refractivity contribution in [2.24, 2.45) is 0 Å². The quantitative estimate of drug-likeness (QED) is 0.163. The van der Waals surface area contributed by atoms with Crippen molar-refractivity contribution in [3.05, 3.63) is 252 Å². The van der Waals surface area contributed by atoms with Gasteiger partial charge in [0.1, 0.15) is 0 Å². The summed E-state index contributed by atoms with van der Waals surface area (Å²) in [4.78, 5) is 2.51. The van der Waals surface area contributed by atoms with Gasteiger partial charge in [-0.25, -0.2) is 0 Å². The minimum atomic E-state index is -0.532.